The molecule has 19 heavy (non-hydrogen) atoms. The fourth-order valence-corrected chi connectivity index (χ4v) is 3.74. The van der Waals surface area contributed by atoms with E-state index in [1.165, 1.54) is 0 Å². The van der Waals surface area contributed by atoms with Gasteiger partial charge in [0.2, 0.25) is 11.8 Å². The molecule has 1 spiro atoms. The van der Waals surface area contributed by atoms with Gasteiger partial charge in [0.25, 0.3) is 0 Å². The van der Waals surface area contributed by atoms with Crippen LogP contribution in [0.15, 0.2) is 0 Å². The highest BCUT2D eigenvalue weighted by molar-refractivity contribution is 5.86. The van der Waals surface area contributed by atoms with E-state index in [9.17, 15) is 14.7 Å². The molecule has 0 aromatic carbocycles. The molecule has 1 N–H and O–H groups in total. The number of piperidine rings is 1. The number of rotatable bonds is 1. The molecule has 106 valence electrons. The van der Waals surface area contributed by atoms with Crippen LogP contribution in [-0.2, 0) is 9.59 Å². The maximum atomic E-state index is 12.3. The highest BCUT2D eigenvalue weighted by Crippen LogP contribution is 2.40. The molecule has 3 aliphatic rings. The van der Waals surface area contributed by atoms with E-state index >= 15 is 0 Å². The summed E-state index contributed by atoms with van der Waals surface area (Å²) in [4.78, 5) is 28.3. The lowest BCUT2D eigenvalue weighted by Crippen LogP contribution is -2.52. The van der Waals surface area contributed by atoms with Crippen molar-refractivity contribution in [3.8, 4) is 0 Å². The normalized spacial score (nSPS) is 38.7. The molecule has 2 heterocycles. The fourth-order valence-electron chi connectivity index (χ4n) is 3.74. The van der Waals surface area contributed by atoms with Gasteiger partial charge in [0, 0.05) is 32.6 Å². The molecule has 5 heteroatoms. The van der Waals surface area contributed by atoms with Crippen LogP contribution in [0, 0.1) is 11.3 Å². The number of aliphatic hydroxyl groups is 1. The Balaban J connectivity index is 1.68. The largest absolute Gasteiger partial charge is 0.393 e. The van der Waals surface area contributed by atoms with Gasteiger partial charge >= 0.3 is 0 Å². The lowest BCUT2D eigenvalue weighted by Gasteiger charge is -2.42. The van der Waals surface area contributed by atoms with Crippen LogP contribution >= 0.6 is 0 Å². The van der Waals surface area contributed by atoms with Crippen molar-refractivity contribution < 1.29 is 14.7 Å². The topological polar surface area (TPSA) is 60.9 Å². The first kappa shape index (κ1) is 12.9. The number of likely N-dealkylation sites (tertiary alicyclic amines) is 2. The Bertz CT molecular complexity index is 401. The summed E-state index contributed by atoms with van der Waals surface area (Å²) < 4.78 is 0. The monoisotopic (exact) mass is 266 g/mol. The Kier molecular flexibility index (Phi) is 3.04. The van der Waals surface area contributed by atoms with Crippen molar-refractivity contribution in [2.45, 2.75) is 38.2 Å². The van der Waals surface area contributed by atoms with E-state index in [1.54, 1.807) is 4.90 Å². The summed E-state index contributed by atoms with van der Waals surface area (Å²) in [5, 5.41) is 9.32. The second kappa shape index (κ2) is 4.47. The molecule has 1 unspecified atom stereocenters. The molecule has 2 saturated heterocycles. The summed E-state index contributed by atoms with van der Waals surface area (Å²) in [6.45, 7) is 2.16. The first-order valence-corrected chi connectivity index (χ1v) is 7.24. The molecule has 3 fully saturated rings. The fraction of sp³-hybridized carbons (Fsp3) is 0.857. The molecule has 2 aliphatic heterocycles. The van der Waals surface area contributed by atoms with E-state index in [0.717, 1.165) is 32.4 Å². The van der Waals surface area contributed by atoms with Crippen LogP contribution < -0.4 is 0 Å². The molecule has 0 aromatic heterocycles. The molecular weight excluding hydrogens is 244 g/mol. The third kappa shape index (κ3) is 2.04. The first-order chi connectivity index (χ1) is 9.02. The van der Waals surface area contributed by atoms with E-state index in [4.69, 9.17) is 0 Å². The average molecular weight is 266 g/mol. The Morgan fingerprint density at radius 3 is 2.63 bits per heavy atom. The second-order valence-corrected chi connectivity index (χ2v) is 6.44. The van der Waals surface area contributed by atoms with Gasteiger partial charge in [-0.05, 0) is 32.1 Å². The molecular formula is C14H22N2O3. The maximum Gasteiger partial charge on any atom is 0.230 e. The van der Waals surface area contributed by atoms with E-state index in [0.29, 0.717) is 19.4 Å². The molecule has 5 nitrogen and oxygen atoms in total. The van der Waals surface area contributed by atoms with Crippen LogP contribution in [0.5, 0.6) is 0 Å². The zero-order valence-corrected chi connectivity index (χ0v) is 11.5. The van der Waals surface area contributed by atoms with Crippen LogP contribution in [0.4, 0.5) is 0 Å². The van der Waals surface area contributed by atoms with Gasteiger partial charge < -0.3 is 14.9 Å². The third-order valence-corrected chi connectivity index (χ3v) is 5.08. The van der Waals surface area contributed by atoms with Crippen molar-refractivity contribution in [2.24, 2.45) is 11.3 Å². The van der Waals surface area contributed by atoms with Gasteiger partial charge in [-0.25, -0.2) is 0 Å². The van der Waals surface area contributed by atoms with E-state index in [1.807, 2.05) is 11.9 Å². The van der Waals surface area contributed by atoms with Crippen molar-refractivity contribution in [3.63, 3.8) is 0 Å². The first-order valence-electron chi connectivity index (χ1n) is 7.24. The van der Waals surface area contributed by atoms with Crippen LogP contribution in [0.1, 0.15) is 32.1 Å². The van der Waals surface area contributed by atoms with Gasteiger partial charge in [0.05, 0.1) is 11.5 Å². The van der Waals surface area contributed by atoms with Crippen LogP contribution in [0.3, 0.4) is 0 Å². The third-order valence-electron chi connectivity index (χ3n) is 5.08. The van der Waals surface area contributed by atoms with Crippen molar-refractivity contribution in [2.75, 3.05) is 26.7 Å². The lowest BCUT2D eigenvalue weighted by atomic mass is 9.76. The summed E-state index contributed by atoms with van der Waals surface area (Å²) >= 11 is 0. The second-order valence-electron chi connectivity index (χ2n) is 6.44. The summed E-state index contributed by atoms with van der Waals surface area (Å²) in [7, 11) is 1.85. The number of hydrogen-bond donors (Lipinski definition) is 1. The van der Waals surface area contributed by atoms with Gasteiger partial charge in [-0.2, -0.15) is 0 Å². The summed E-state index contributed by atoms with van der Waals surface area (Å²) in [6.07, 6.45) is 3.59. The SMILES string of the molecule is CN1CCC2(CCCN(C(=O)C3CC(O)C3)C2)C1=O. The summed E-state index contributed by atoms with van der Waals surface area (Å²) in [6, 6.07) is 0. The Hall–Kier alpha value is -1.10. The van der Waals surface area contributed by atoms with E-state index in [-0.39, 0.29) is 29.3 Å². The summed E-state index contributed by atoms with van der Waals surface area (Å²) in [5.74, 6) is 0.338. The molecule has 2 amide bonds. The predicted molar refractivity (Wildman–Crippen MR) is 69.2 cm³/mol. The molecule has 1 saturated carbocycles. The molecule has 0 bridgehead atoms. The van der Waals surface area contributed by atoms with Crippen molar-refractivity contribution >= 4 is 11.8 Å². The van der Waals surface area contributed by atoms with Crippen LogP contribution in [0.25, 0.3) is 0 Å². The van der Waals surface area contributed by atoms with Crippen molar-refractivity contribution in [1.82, 2.24) is 9.80 Å². The standard InChI is InChI=1S/C14H22N2O3/c1-15-6-4-14(13(15)19)3-2-5-16(9-14)12(18)10-7-11(17)8-10/h10-11,17H,2-9H2,1H3. The van der Waals surface area contributed by atoms with Crippen LogP contribution in [0.2, 0.25) is 0 Å². The van der Waals surface area contributed by atoms with Crippen molar-refractivity contribution in [1.29, 1.82) is 0 Å². The highest BCUT2D eigenvalue weighted by Gasteiger charge is 2.49. The minimum absolute atomic E-state index is 0.0145. The van der Waals surface area contributed by atoms with E-state index < -0.39 is 0 Å². The number of hydrogen-bond acceptors (Lipinski definition) is 3. The minimum atomic E-state index is -0.314. The molecule has 0 aromatic rings. The quantitative estimate of drug-likeness (QED) is 0.739. The smallest absolute Gasteiger partial charge is 0.230 e. The Labute approximate surface area is 113 Å². The summed E-state index contributed by atoms with van der Waals surface area (Å²) in [5.41, 5.74) is -0.314. The molecule has 3 rings (SSSR count). The number of aliphatic hydroxyl groups excluding tert-OH is 1. The van der Waals surface area contributed by atoms with Gasteiger partial charge in [0.15, 0.2) is 0 Å². The Morgan fingerprint density at radius 2 is 2.05 bits per heavy atom. The molecule has 1 atom stereocenters. The van der Waals surface area contributed by atoms with E-state index in [2.05, 4.69) is 0 Å². The number of nitrogens with zero attached hydrogens (tertiary/aromatic N) is 2. The Morgan fingerprint density at radius 1 is 1.32 bits per heavy atom. The van der Waals surface area contributed by atoms with Crippen LogP contribution in [-0.4, -0.2) is 59.5 Å². The van der Waals surface area contributed by atoms with Gasteiger partial charge in [-0.1, -0.05) is 0 Å². The predicted octanol–water partition coefficient (Wildman–Crippen LogP) is 0.228. The number of carbonyl (C=O) groups excluding carboxylic acids is 2. The van der Waals surface area contributed by atoms with Gasteiger partial charge in [-0.3, -0.25) is 9.59 Å². The molecule has 0 radical (unpaired) electrons. The lowest BCUT2D eigenvalue weighted by molar-refractivity contribution is -0.149. The number of carbonyl (C=O) groups is 2. The molecule has 1 aliphatic carbocycles. The van der Waals surface area contributed by atoms with Crippen molar-refractivity contribution in [3.05, 3.63) is 0 Å². The highest BCUT2D eigenvalue weighted by atomic mass is 16.3. The maximum absolute atomic E-state index is 12.3. The average Bonchev–Trinajstić information content (AvgIpc) is 2.64. The zero-order chi connectivity index (χ0) is 13.6. The van der Waals surface area contributed by atoms with Gasteiger partial charge in [0.1, 0.15) is 0 Å². The zero-order valence-electron chi connectivity index (χ0n) is 11.5. The number of amides is 2. The van der Waals surface area contributed by atoms with Gasteiger partial charge in [-0.15, -0.1) is 0 Å². The minimum Gasteiger partial charge on any atom is -0.393 e.